The number of nitrogens with zero attached hydrogens (tertiary/aromatic N) is 1. The zero-order valence-electron chi connectivity index (χ0n) is 22.6. The molecule has 0 fully saturated rings. The van der Waals surface area contributed by atoms with E-state index in [1.54, 1.807) is 73.7 Å². The summed E-state index contributed by atoms with van der Waals surface area (Å²) in [5.74, 6) is 4.23. The molecular formula is C31H28N4O6S. The topological polar surface area (TPSA) is 151 Å². The smallest absolute Gasteiger partial charge is 0.317 e. The highest BCUT2D eigenvalue weighted by atomic mass is 32.2. The molecular weight excluding hydrogens is 556 g/mol. The Kier molecular flexibility index (Phi) is 9.89. The molecule has 0 spiro atoms. The Balaban J connectivity index is 1.49. The molecule has 2 heterocycles. The number of carboxylic acids is 1. The summed E-state index contributed by atoms with van der Waals surface area (Å²) in [6.45, 7) is 1.82. The second-order valence-corrected chi connectivity index (χ2v) is 11.3. The molecule has 0 aliphatic heterocycles. The lowest BCUT2D eigenvalue weighted by molar-refractivity contribution is -0.135. The van der Waals surface area contributed by atoms with Crippen molar-refractivity contribution in [1.29, 1.82) is 0 Å². The maximum atomic E-state index is 13.8. The predicted molar refractivity (Wildman–Crippen MR) is 160 cm³/mol. The van der Waals surface area contributed by atoms with Crippen LogP contribution < -0.4 is 15.4 Å². The number of hydrogen-bond acceptors (Lipinski definition) is 7. The van der Waals surface area contributed by atoms with Crippen molar-refractivity contribution >= 4 is 38.5 Å². The number of benzene rings is 2. The SMILES string of the molecule is Cc1ccoc1C(=O)Nc1cccc(C#Cc2cncc(C(=O)NS(=O)(=CCCNCC(=O)O)c3ccccc3)c2)c1. The lowest BCUT2D eigenvalue weighted by Gasteiger charge is -2.14. The maximum Gasteiger partial charge on any atom is 0.317 e. The summed E-state index contributed by atoms with van der Waals surface area (Å²) in [6.07, 6.45) is 4.57. The van der Waals surface area contributed by atoms with Gasteiger partial charge in [-0.25, -0.2) is 4.21 Å². The van der Waals surface area contributed by atoms with Crippen LogP contribution in [-0.4, -0.2) is 50.5 Å². The quantitative estimate of drug-likeness (QED) is 0.126. The number of hydrogen-bond donors (Lipinski definition) is 4. The van der Waals surface area contributed by atoms with Crippen LogP contribution in [0.2, 0.25) is 0 Å². The van der Waals surface area contributed by atoms with E-state index in [0.717, 1.165) is 5.56 Å². The summed E-state index contributed by atoms with van der Waals surface area (Å²) in [5, 5.41) is 15.8. The van der Waals surface area contributed by atoms with Crippen molar-refractivity contribution < 1.29 is 28.1 Å². The molecule has 0 saturated carbocycles. The van der Waals surface area contributed by atoms with Gasteiger partial charge < -0.3 is 20.2 Å². The number of carbonyl (C=O) groups excluding carboxylic acids is 2. The molecule has 0 saturated heterocycles. The number of anilines is 1. The summed E-state index contributed by atoms with van der Waals surface area (Å²) in [5.41, 5.74) is 2.51. The number of furan rings is 1. The predicted octanol–water partition coefficient (Wildman–Crippen LogP) is 3.49. The lowest BCUT2D eigenvalue weighted by Crippen LogP contribution is -2.33. The van der Waals surface area contributed by atoms with E-state index < -0.39 is 21.6 Å². The number of carbonyl (C=O) groups is 3. The van der Waals surface area contributed by atoms with Crippen molar-refractivity contribution in [2.45, 2.75) is 18.2 Å². The molecule has 2 amide bonds. The number of aliphatic carboxylic acids is 1. The Morgan fingerprint density at radius 2 is 1.76 bits per heavy atom. The first kappa shape index (κ1) is 29.8. The molecule has 1 unspecified atom stereocenters. The Morgan fingerprint density at radius 3 is 2.50 bits per heavy atom. The third-order valence-electron chi connectivity index (χ3n) is 5.83. The van der Waals surface area contributed by atoms with Crippen LogP contribution in [0, 0.1) is 18.8 Å². The summed E-state index contributed by atoms with van der Waals surface area (Å²) >= 11 is 0. The van der Waals surface area contributed by atoms with Crippen molar-refractivity contribution in [3.05, 3.63) is 113 Å². The van der Waals surface area contributed by atoms with E-state index in [4.69, 9.17) is 9.52 Å². The van der Waals surface area contributed by atoms with Crippen LogP contribution in [0.1, 0.15) is 44.0 Å². The number of aryl methyl sites for hydroxylation is 1. The van der Waals surface area contributed by atoms with Gasteiger partial charge in [0.05, 0.1) is 28.1 Å². The van der Waals surface area contributed by atoms with Gasteiger partial charge in [0.1, 0.15) is 0 Å². The average molecular weight is 585 g/mol. The van der Waals surface area contributed by atoms with Crippen molar-refractivity contribution in [3.63, 3.8) is 0 Å². The molecule has 4 N–H and O–H groups in total. The number of amides is 2. The largest absolute Gasteiger partial charge is 0.480 e. The van der Waals surface area contributed by atoms with Crippen molar-refractivity contribution in [2.24, 2.45) is 0 Å². The molecule has 214 valence electrons. The monoisotopic (exact) mass is 584 g/mol. The van der Waals surface area contributed by atoms with Crippen LogP contribution in [0.5, 0.6) is 0 Å². The summed E-state index contributed by atoms with van der Waals surface area (Å²) < 4.78 is 21.7. The van der Waals surface area contributed by atoms with Gasteiger partial charge in [0.2, 0.25) is 0 Å². The highest BCUT2D eigenvalue weighted by Crippen LogP contribution is 2.15. The minimum absolute atomic E-state index is 0.165. The van der Waals surface area contributed by atoms with Crippen molar-refractivity contribution in [2.75, 3.05) is 18.4 Å². The van der Waals surface area contributed by atoms with Crippen LogP contribution in [-0.2, 0) is 14.5 Å². The first-order valence-electron chi connectivity index (χ1n) is 12.8. The molecule has 0 radical (unpaired) electrons. The van der Waals surface area contributed by atoms with Gasteiger partial charge in [-0.2, -0.15) is 0 Å². The molecule has 0 aliphatic rings. The number of pyridine rings is 1. The number of nitrogens with one attached hydrogen (secondary N) is 3. The van der Waals surface area contributed by atoms with E-state index >= 15 is 0 Å². The van der Waals surface area contributed by atoms with Gasteiger partial charge in [0.25, 0.3) is 11.8 Å². The third-order valence-corrected chi connectivity index (χ3v) is 7.99. The number of carboxylic acid groups (broad SMARTS) is 1. The molecule has 4 rings (SSSR count). The van der Waals surface area contributed by atoms with Crippen LogP contribution in [0.15, 0.2) is 94.7 Å². The first-order chi connectivity index (χ1) is 20.2. The van der Waals surface area contributed by atoms with Gasteiger partial charge in [-0.15, -0.1) is 0 Å². The van der Waals surface area contributed by atoms with Gasteiger partial charge in [-0.1, -0.05) is 36.1 Å². The van der Waals surface area contributed by atoms with Crippen LogP contribution >= 0.6 is 0 Å². The second-order valence-electron chi connectivity index (χ2n) is 9.05. The maximum absolute atomic E-state index is 13.8. The molecule has 0 aliphatic carbocycles. The Morgan fingerprint density at radius 1 is 0.976 bits per heavy atom. The third kappa shape index (κ3) is 8.17. The van der Waals surface area contributed by atoms with Crippen LogP contribution in [0.25, 0.3) is 0 Å². The van der Waals surface area contributed by atoms with Crippen LogP contribution in [0.4, 0.5) is 5.69 Å². The van der Waals surface area contributed by atoms with Gasteiger partial charge in [-0.05, 0) is 67.7 Å². The van der Waals surface area contributed by atoms with E-state index in [1.165, 1.54) is 24.0 Å². The normalized spacial score (nSPS) is 11.8. The molecule has 2 aromatic heterocycles. The highest BCUT2D eigenvalue weighted by molar-refractivity contribution is 8.00. The fourth-order valence-electron chi connectivity index (χ4n) is 3.78. The Hall–Kier alpha value is -5.18. The molecule has 11 heteroatoms. The summed E-state index contributed by atoms with van der Waals surface area (Å²) in [7, 11) is -3.13. The van der Waals surface area contributed by atoms with Gasteiger partial charge >= 0.3 is 5.97 Å². The molecule has 0 bridgehead atoms. The minimum atomic E-state index is -3.13. The van der Waals surface area contributed by atoms with E-state index in [-0.39, 0.29) is 36.7 Å². The number of rotatable bonds is 10. The summed E-state index contributed by atoms with van der Waals surface area (Å²) in [4.78, 5) is 40.9. The van der Waals surface area contributed by atoms with E-state index in [1.807, 2.05) is 0 Å². The molecule has 10 nitrogen and oxygen atoms in total. The fraction of sp³-hybridized carbons (Fsp3) is 0.129. The van der Waals surface area contributed by atoms with Crippen molar-refractivity contribution in [1.82, 2.24) is 15.0 Å². The van der Waals surface area contributed by atoms with Gasteiger partial charge in [0.15, 0.2) is 5.76 Å². The van der Waals surface area contributed by atoms with E-state index in [2.05, 4.69) is 32.2 Å². The van der Waals surface area contributed by atoms with Gasteiger partial charge in [-0.3, -0.25) is 24.1 Å². The fourth-order valence-corrected chi connectivity index (χ4v) is 5.58. The van der Waals surface area contributed by atoms with E-state index in [9.17, 15) is 18.6 Å². The highest BCUT2D eigenvalue weighted by Gasteiger charge is 2.16. The zero-order chi connectivity index (χ0) is 30.0. The summed E-state index contributed by atoms with van der Waals surface area (Å²) in [6, 6.07) is 18.7. The van der Waals surface area contributed by atoms with Crippen LogP contribution in [0.3, 0.4) is 0 Å². The second kappa shape index (κ2) is 13.9. The van der Waals surface area contributed by atoms with E-state index in [0.29, 0.717) is 21.7 Å². The molecule has 1 atom stereocenters. The lowest BCUT2D eigenvalue weighted by atomic mass is 10.1. The Labute approximate surface area is 243 Å². The first-order valence-corrected chi connectivity index (χ1v) is 14.5. The van der Waals surface area contributed by atoms with Gasteiger partial charge in [0, 0.05) is 39.7 Å². The van der Waals surface area contributed by atoms with Crippen molar-refractivity contribution in [3.8, 4) is 11.8 Å². The molecule has 42 heavy (non-hydrogen) atoms. The zero-order valence-corrected chi connectivity index (χ0v) is 23.4. The minimum Gasteiger partial charge on any atom is -0.480 e. The molecule has 2 aromatic carbocycles. The standard InChI is InChI=1S/C31H28N4O6S/c1-22-13-15-41-29(22)31(39)34-26-8-5-7-23(18-26)11-12-24-17-25(20-33-19-24)30(38)35-42(40,27-9-3-2-4-10-27)16-6-14-32-21-28(36)37/h2-5,7-10,13,15-20,32H,6,14,21H2,1H3,(H,34,39)(H,36,37)(H,35,38,40). The average Bonchev–Trinajstić information content (AvgIpc) is 3.42. The number of aromatic nitrogens is 1. The Bertz CT molecular complexity index is 1780. The molecule has 4 aromatic rings.